The monoisotopic (exact) mass is 308 g/mol. The van der Waals surface area contributed by atoms with Gasteiger partial charge in [0.1, 0.15) is 5.82 Å². The summed E-state index contributed by atoms with van der Waals surface area (Å²) in [6, 6.07) is 3.06. The van der Waals surface area contributed by atoms with Crippen molar-refractivity contribution in [2.75, 3.05) is 11.1 Å². The number of hydrogen-bond donors (Lipinski definition) is 2. The second-order valence-corrected chi connectivity index (χ2v) is 5.39. The van der Waals surface area contributed by atoms with Crippen LogP contribution in [0.25, 0.3) is 0 Å². The summed E-state index contributed by atoms with van der Waals surface area (Å²) in [6.45, 7) is 6.01. The van der Waals surface area contributed by atoms with E-state index in [1.165, 1.54) is 6.07 Å². The van der Waals surface area contributed by atoms with Crippen molar-refractivity contribution in [2.24, 2.45) is 0 Å². The molecule has 0 saturated carbocycles. The summed E-state index contributed by atoms with van der Waals surface area (Å²) in [6.07, 6.45) is 0. The van der Waals surface area contributed by atoms with E-state index in [2.05, 4.69) is 5.32 Å². The van der Waals surface area contributed by atoms with Crippen molar-refractivity contribution >= 4 is 34.0 Å². The topological polar surface area (TPSA) is 38.0 Å². The fraction of sp³-hybridized carbons (Fsp3) is 0.400. The molecule has 0 saturated heterocycles. The van der Waals surface area contributed by atoms with Gasteiger partial charge in [0.25, 0.3) is 0 Å². The molecule has 0 heterocycles. The van der Waals surface area contributed by atoms with Gasteiger partial charge in [0.2, 0.25) is 0 Å². The first-order valence-electron chi connectivity index (χ1n) is 4.32. The van der Waals surface area contributed by atoms with Gasteiger partial charge < -0.3 is 11.1 Å². The fourth-order valence-corrected chi connectivity index (χ4v) is 1.57. The van der Waals surface area contributed by atoms with Crippen LogP contribution < -0.4 is 11.1 Å². The van der Waals surface area contributed by atoms with Crippen LogP contribution >= 0.6 is 22.6 Å². The number of nitrogens with two attached hydrogens (primary N) is 1. The van der Waals surface area contributed by atoms with Crippen molar-refractivity contribution in [1.29, 1.82) is 0 Å². The molecule has 0 bridgehead atoms. The first kappa shape index (κ1) is 11.6. The van der Waals surface area contributed by atoms with Crippen molar-refractivity contribution < 1.29 is 4.39 Å². The van der Waals surface area contributed by atoms with Crippen LogP contribution in [0.15, 0.2) is 12.1 Å². The van der Waals surface area contributed by atoms with Crippen LogP contribution in [0.4, 0.5) is 15.8 Å². The van der Waals surface area contributed by atoms with E-state index in [1.54, 1.807) is 6.07 Å². The molecule has 0 atom stereocenters. The van der Waals surface area contributed by atoms with E-state index in [0.29, 0.717) is 14.9 Å². The summed E-state index contributed by atoms with van der Waals surface area (Å²) in [5.41, 5.74) is 6.87. The van der Waals surface area contributed by atoms with Gasteiger partial charge in [-0.15, -0.1) is 0 Å². The molecule has 1 aromatic carbocycles. The van der Waals surface area contributed by atoms with E-state index in [9.17, 15) is 4.39 Å². The minimum Gasteiger partial charge on any atom is -0.397 e. The molecule has 0 aliphatic rings. The quantitative estimate of drug-likeness (QED) is 0.617. The molecular formula is C10H14FIN2. The number of halogens is 2. The van der Waals surface area contributed by atoms with Gasteiger partial charge in [-0.05, 0) is 49.4 Å². The largest absolute Gasteiger partial charge is 0.397 e. The molecule has 1 aromatic rings. The summed E-state index contributed by atoms with van der Waals surface area (Å²) in [5, 5.41) is 3.15. The van der Waals surface area contributed by atoms with Crippen molar-refractivity contribution in [3.63, 3.8) is 0 Å². The third-order valence-electron chi connectivity index (χ3n) is 1.60. The number of anilines is 2. The smallest absolute Gasteiger partial charge is 0.138 e. The minimum atomic E-state index is -0.244. The van der Waals surface area contributed by atoms with Crippen LogP contribution in [0.2, 0.25) is 0 Å². The molecule has 3 N–H and O–H groups in total. The normalized spacial score (nSPS) is 11.5. The molecule has 0 aromatic heterocycles. The van der Waals surface area contributed by atoms with Crippen LogP contribution in [-0.4, -0.2) is 5.54 Å². The van der Waals surface area contributed by atoms with E-state index in [4.69, 9.17) is 5.73 Å². The van der Waals surface area contributed by atoms with Crippen LogP contribution in [0.5, 0.6) is 0 Å². The zero-order valence-electron chi connectivity index (χ0n) is 8.49. The Balaban J connectivity index is 3.04. The number of benzene rings is 1. The van der Waals surface area contributed by atoms with Gasteiger partial charge in [-0.3, -0.25) is 0 Å². The summed E-state index contributed by atoms with van der Waals surface area (Å²) in [7, 11) is 0. The van der Waals surface area contributed by atoms with Gasteiger partial charge in [-0.1, -0.05) is 0 Å². The van der Waals surface area contributed by atoms with Gasteiger partial charge in [0, 0.05) is 11.6 Å². The third-order valence-corrected chi connectivity index (χ3v) is 2.43. The lowest BCUT2D eigenvalue weighted by Gasteiger charge is -2.23. The second kappa shape index (κ2) is 3.92. The zero-order valence-corrected chi connectivity index (χ0v) is 10.6. The van der Waals surface area contributed by atoms with Gasteiger partial charge in [0.05, 0.1) is 14.9 Å². The molecular weight excluding hydrogens is 294 g/mol. The second-order valence-electron chi connectivity index (χ2n) is 4.23. The van der Waals surface area contributed by atoms with Crippen molar-refractivity contribution in [1.82, 2.24) is 0 Å². The average molecular weight is 308 g/mol. The molecule has 0 radical (unpaired) electrons. The van der Waals surface area contributed by atoms with E-state index in [1.807, 2.05) is 43.4 Å². The van der Waals surface area contributed by atoms with Gasteiger partial charge in [0.15, 0.2) is 0 Å². The molecule has 0 spiro atoms. The maximum absolute atomic E-state index is 13.2. The van der Waals surface area contributed by atoms with E-state index in [0.717, 1.165) is 0 Å². The highest BCUT2D eigenvalue weighted by atomic mass is 127. The molecule has 0 amide bonds. The Morgan fingerprint density at radius 3 is 2.43 bits per heavy atom. The summed E-state index contributed by atoms with van der Waals surface area (Å²) in [4.78, 5) is 0. The molecule has 4 heteroatoms. The molecule has 0 aliphatic carbocycles. The third kappa shape index (κ3) is 3.01. The van der Waals surface area contributed by atoms with Crippen molar-refractivity contribution in [3.8, 4) is 0 Å². The molecule has 0 unspecified atom stereocenters. The van der Waals surface area contributed by atoms with Crippen molar-refractivity contribution in [3.05, 3.63) is 21.5 Å². The highest BCUT2D eigenvalue weighted by Crippen LogP contribution is 2.26. The van der Waals surface area contributed by atoms with Crippen LogP contribution in [0.3, 0.4) is 0 Å². The van der Waals surface area contributed by atoms with Crippen molar-refractivity contribution in [2.45, 2.75) is 26.3 Å². The van der Waals surface area contributed by atoms with Gasteiger partial charge in [-0.2, -0.15) is 0 Å². The molecule has 0 aliphatic heterocycles. The Morgan fingerprint density at radius 2 is 1.93 bits per heavy atom. The number of hydrogen-bond acceptors (Lipinski definition) is 2. The highest BCUT2D eigenvalue weighted by molar-refractivity contribution is 14.1. The Hall–Kier alpha value is -0.520. The Kier molecular flexibility index (Phi) is 3.24. The zero-order chi connectivity index (χ0) is 10.9. The number of nitrogen functional groups attached to an aromatic ring is 1. The lowest BCUT2D eigenvalue weighted by Crippen LogP contribution is -2.26. The molecule has 2 nitrogen and oxygen atoms in total. The molecule has 0 fully saturated rings. The van der Waals surface area contributed by atoms with Gasteiger partial charge in [-0.25, -0.2) is 4.39 Å². The molecule has 1 rings (SSSR count). The predicted octanol–water partition coefficient (Wildman–Crippen LogP) is 3.22. The predicted molar refractivity (Wildman–Crippen MR) is 66.9 cm³/mol. The van der Waals surface area contributed by atoms with E-state index in [-0.39, 0.29) is 11.4 Å². The fourth-order valence-electron chi connectivity index (χ4n) is 1.07. The lowest BCUT2D eigenvalue weighted by molar-refractivity contribution is 0.614. The van der Waals surface area contributed by atoms with Crippen LogP contribution in [-0.2, 0) is 0 Å². The first-order valence-corrected chi connectivity index (χ1v) is 5.40. The highest BCUT2D eigenvalue weighted by Gasteiger charge is 2.13. The van der Waals surface area contributed by atoms with E-state index >= 15 is 0 Å². The summed E-state index contributed by atoms with van der Waals surface area (Å²) >= 11 is 1.92. The molecule has 14 heavy (non-hydrogen) atoms. The lowest BCUT2D eigenvalue weighted by atomic mass is 10.1. The average Bonchev–Trinajstić information content (AvgIpc) is 1.97. The maximum Gasteiger partial charge on any atom is 0.138 e. The Labute approximate surface area is 97.2 Å². The maximum atomic E-state index is 13.2. The van der Waals surface area contributed by atoms with Gasteiger partial charge >= 0.3 is 0 Å². The standard InChI is InChI=1S/C10H14FIN2/c1-10(2,3)14-9-4-6(11)7(12)5-8(9)13/h4-5,14H,13H2,1-3H3. The Morgan fingerprint density at radius 1 is 1.36 bits per heavy atom. The van der Waals surface area contributed by atoms with Crippen LogP contribution in [0, 0.1) is 9.39 Å². The minimum absolute atomic E-state index is 0.118. The summed E-state index contributed by atoms with van der Waals surface area (Å²) in [5.74, 6) is -0.244. The van der Waals surface area contributed by atoms with E-state index < -0.39 is 0 Å². The first-order chi connectivity index (χ1) is 6.29. The summed E-state index contributed by atoms with van der Waals surface area (Å²) < 4.78 is 13.8. The number of rotatable bonds is 1. The Bertz CT molecular complexity index is 345. The van der Waals surface area contributed by atoms with Crippen LogP contribution in [0.1, 0.15) is 20.8 Å². The SMILES string of the molecule is CC(C)(C)Nc1cc(F)c(I)cc1N. The number of nitrogens with one attached hydrogen (secondary N) is 1. The molecule has 78 valence electrons.